The molecule has 2 saturated heterocycles. The molecular formula is C34H39N3O5. The highest BCUT2D eigenvalue weighted by Crippen LogP contribution is 2.58. The molecule has 2 aromatic carbocycles. The van der Waals surface area contributed by atoms with Crippen LogP contribution in [0.5, 0.6) is 0 Å². The lowest BCUT2D eigenvalue weighted by atomic mass is 9.74. The van der Waals surface area contributed by atoms with Crippen LogP contribution < -0.4 is 4.90 Å². The molecule has 3 amide bonds. The first-order valence-corrected chi connectivity index (χ1v) is 15.0. The molecule has 0 radical (unpaired) electrons. The van der Waals surface area contributed by atoms with Crippen molar-refractivity contribution in [1.82, 2.24) is 9.80 Å². The molecule has 4 aliphatic rings. The average molecular weight is 570 g/mol. The number of aliphatic hydroxyl groups excluding tert-OH is 1. The molecule has 220 valence electrons. The van der Waals surface area contributed by atoms with E-state index in [0.717, 1.165) is 30.5 Å². The topological polar surface area (TPSA) is 90.4 Å². The minimum Gasteiger partial charge on any atom is -0.394 e. The Balaban J connectivity index is 1.49. The minimum absolute atomic E-state index is 0.210. The smallest absolute Gasteiger partial charge is 0.249 e. The van der Waals surface area contributed by atoms with Gasteiger partial charge in [0.1, 0.15) is 11.6 Å². The fourth-order valence-electron chi connectivity index (χ4n) is 7.47. The number of para-hydroxylation sites is 1. The number of aliphatic hydroxyl groups is 1. The van der Waals surface area contributed by atoms with E-state index >= 15 is 0 Å². The first-order valence-electron chi connectivity index (χ1n) is 15.0. The molecule has 6 atom stereocenters. The second-order valence-corrected chi connectivity index (χ2v) is 11.9. The number of hydrogen-bond acceptors (Lipinski definition) is 5. The van der Waals surface area contributed by atoms with Crippen molar-refractivity contribution in [2.24, 2.45) is 11.8 Å². The van der Waals surface area contributed by atoms with Crippen LogP contribution in [0.3, 0.4) is 0 Å². The van der Waals surface area contributed by atoms with Gasteiger partial charge in [0.05, 0.1) is 30.1 Å². The third-order valence-corrected chi connectivity index (χ3v) is 9.37. The van der Waals surface area contributed by atoms with Gasteiger partial charge in [-0.25, -0.2) is 0 Å². The molecular weight excluding hydrogens is 530 g/mol. The summed E-state index contributed by atoms with van der Waals surface area (Å²) in [4.78, 5) is 48.8. The maximum atomic E-state index is 14.8. The van der Waals surface area contributed by atoms with E-state index in [1.165, 1.54) is 4.90 Å². The number of amides is 3. The normalized spacial score (nSPS) is 31.1. The van der Waals surface area contributed by atoms with Gasteiger partial charge in [0.2, 0.25) is 17.7 Å². The number of unbranched alkanes of at least 4 members (excludes halogenated alkanes) is 2. The Morgan fingerprint density at radius 1 is 0.881 bits per heavy atom. The summed E-state index contributed by atoms with van der Waals surface area (Å²) in [6.45, 7) is 4.91. The molecule has 8 heteroatoms. The van der Waals surface area contributed by atoms with Crippen LogP contribution in [0.15, 0.2) is 85.0 Å². The van der Waals surface area contributed by atoms with Gasteiger partial charge in [0.15, 0.2) is 0 Å². The lowest BCUT2D eigenvalue weighted by Gasteiger charge is -2.40. The van der Waals surface area contributed by atoms with E-state index < -0.39 is 35.1 Å². The van der Waals surface area contributed by atoms with Crippen LogP contribution in [0.4, 0.5) is 5.69 Å². The predicted molar refractivity (Wildman–Crippen MR) is 159 cm³/mol. The number of fused-ring (bicyclic) bond motifs is 2. The van der Waals surface area contributed by atoms with Crippen molar-refractivity contribution in [2.45, 2.75) is 56.4 Å². The number of carbonyl (C=O) groups excluding carboxylic acids is 3. The zero-order valence-electron chi connectivity index (χ0n) is 24.3. The van der Waals surface area contributed by atoms with Crippen molar-refractivity contribution in [1.29, 1.82) is 0 Å². The van der Waals surface area contributed by atoms with Gasteiger partial charge in [-0.05, 0) is 31.0 Å². The van der Waals surface area contributed by atoms with Crippen molar-refractivity contribution >= 4 is 23.4 Å². The third-order valence-electron chi connectivity index (χ3n) is 9.37. The molecule has 42 heavy (non-hydrogen) atoms. The SMILES string of the molecule is CCCCCN1CC=C[C@]23O[C@]4(C)C=CCN(c5ccccc5)C(=O)[C@@H]4[C@H]2C(=O)N([C@H](CO)c2ccccc2)C3C1=O. The van der Waals surface area contributed by atoms with Crippen molar-refractivity contribution < 1.29 is 24.2 Å². The van der Waals surface area contributed by atoms with Crippen molar-refractivity contribution in [3.05, 3.63) is 90.5 Å². The Morgan fingerprint density at radius 2 is 1.57 bits per heavy atom. The van der Waals surface area contributed by atoms with Crippen molar-refractivity contribution in [3.8, 4) is 0 Å². The number of anilines is 1. The lowest BCUT2D eigenvalue weighted by Crippen LogP contribution is -2.57. The summed E-state index contributed by atoms with van der Waals surface area (Å²) < 4.78 is 6.95. The van der Waals surface area contributed by atoms with Gasteiger partial charge >= 0.3 is 0 Å². The minimum atomic E-state index is -1.37. The van der Waals surface area contributed by atoms with Crippen LogP contribution >= 0.6 is 0 Å². The first kappa shape index (κ1) is 28.4. The Morgan fingerprint density at radius 3 is 2.26 bits per heavy atom. The molecule has 1 unspecified atom stereocenters. The zero-order chi connectivity index (χ0) is 29.5. The van der Waals surface area contributed by atoms with Crippen LogP contribution in [0, 0.1) is 11.8 Å². The number of rotatable bonds is 8. The van der Waals surface area contributed by atoms with E-state index in [1.807, 2.05) is 91.9 Å². The van der Waals surface area contributed by atoms with Gasteiger partial charge in [0, 0.05) is 25.3 Å². The van der Waals surface area contributed by atoms with Gasteiger partial charge in [-0.15, -0.1) is 0 Å². The molecule has 0 bridgehead atoms. The molecule has 2 aromatic rings. The molecule has 8 nitrogen and oxygen atoms in total. The zero-order valence-corrected chi connectivity index (χ0v) is 24.3. The average Bonchev–Trinajstić information content (AvgIpc) is 3.27. The maximum Gasteiger partial charge on any atom is 0.249 e. The fraction of sp³-hybridized carbons (Fsp3) is 0.441. The molecule has 0 aliphatic carbocycles. The van der Waals surface area contributed by atoms with E-state index in [2.05, 4.69) is 6.92 Å². The number of carbonyl (C=O) groups is 3. The summed E-state index contributed by atoms with van der Waals surface area (Å²) in [6, 6.07) is 16.9. The second kappa shape index (κ2) is 11.2. The monoisotopic (exact) mass is 569 g/mol. The number of benzene rings is 2. The van der Waals surface area contributed by atoms with Gasteiger partial charge in [-0.3, -0.25) is 14.4 Å². The van der Waals surface area contributed by atoms with Crippen molar-refractivity contribution in [2.75, 3.05) is 31.1 Å². The summed E-state index contributed by atoms with van der Waals surface area (Å²) in [7, 11) is 0. The number of likely N-dealkylation sites (tertiary alicyclic amines) is 1. The first-order chi connectivity index (χ1) is 20.4. The Labute approximate surface area is 247 Å². The number of hydrogen-bond donors (Lipinski definition) is 1. The highest BCUT2D eigenvalue weighted by molar-refractivity contribution is 6.04. The highest BCUT2D eigenvalue weighted by Gasteiger charge is 2.75. The van der Waals surface area contributed by atoms with Crippen LogP contribution in [0.1, 0.15) is 44.7 Å². The summed E-state index contributed by atoms with van der Waals surface area (Å²) >= 11 is 0. The molecule has 2 fully saturated rings. The molecule has 1 N–H and O–H groups in total. The van der Waals surface area contributed by atoms with E-state index in [0.29, 0.717) is 19.6 Å². The summed E-state index contributed by atoms with van der Waals surface area (Å²) in [5.74, 6) is -2.58. The van der Waals surface area contributed by atoms with E-state index in [4.69, 9.17) is 4.74 Å². The molecule has 4 aliphatic heterocycles. The Bertz CT molecular complexity index is 1390. The molecule has 6 rings (SSSR count). The summed E-state index contributed by atoms with van der Waals surface area (Å²) in [5, 5.41) is 10.7. The van der Waals surface area contributed by atoms with Crippen LogP contribution in [0.25, 0.3) is 0 Å². The molecule has 0 aromatic heterocycles. The highest BCUT2D eigenvalue weighted by atomic mass is 16.5. The lowest BCUT2D eigenvalue weighted by molar-refractivity contribution is -0.154. The van der Waals surface area contributed by atoms with Gasteiger partial charge in [0.25, 0.3) is 0 Å². The fourth-order valence-corrected chi connectivity index (χ4v) is 7.47. The van der Waals surface area contributed by atoms with E-state index in [1.54, 1.807) is 9.80 Å². The number of ether oxygens (including phenoxy) is 1. The molecule has 1 spiro atoms. The van der Waals surface area contributed by atoms with Gasteiger partial charge in [-0.1, -0.05) is 92.6 Å². The number of nitrogens with zero attached hydrogens (tertiary/aromatic N) is 3. The van der Waals surface area contributed by atoms with E-state index in [9.17, 15) is 19.5 Å². The van der Waals surface area contributed by atoms with Crippen molar-refractivity contribution in [3.63, 3.8) is 0 Å². The third kappa shape index (κ3) is 4.39. The van der Waals surface area contributed by atoms with Gasteiger partial charge in [-0.2, -0.15) is 0 Å². The van der Waals surface area contributed by atoms with Gasteiger partial charge < -0.3 is 24.5 Å². The predicted octanol–water partition coefficient (Wildman–Crippen LogP) is 3.88. The molecule has 4 heterocycles. The van der Waals surface area contributed by atoms with Crippen LogP contribution in [0.2, 0.25) is 0 Å². The van der Waals surface area contributed by atoms with E-state index in [-0.39, 0.29) is 24.3 Å². The largest absolute Gasteiger partial charge is 0.394 e. The standard InChI is InChI=1S/C34H39N3O5/c1-3-4-11-20-35-21-13-19-34-28(31(40)37(29(34)32(35)41)26(23-38)24-14-7-5-8-15-24)27-30(39)36(25-16-9-6-10-17-25)22-12-18-33(27,2)42-34/h5-10,12-19,26-29,38H,3-4,11,20-23H2,1-2H3/t26-,27+,28+,29?,33-,34+/m1/s1. The quantitative estimate of drug-likeness (QED) is 0.385. The summed E-state index contributed by atoms with van der Waals surface area (Å²) in [6.07, 6.45) is 10.5. The Kier molecular flexibility index (Phi) is 7.53. The maximum absolute atomic E-state index is 14.8. The van der Waals surface area contributed by atoms with Crippen LogP contribution in [-0.2, 0) is 19.1 Å². The second-order valence-electron chi connectivity index (χ2n) is 11.9. The summed E-state index contributed by atoms with van der Waals surface area (Å²) in [5.41, 5.74) is -1.00. The van der Waals surface area contributed by atoms with Crippen LogP contribution in [-0.4, -0.2) is 76.1 Å². The Hall–Kier alpha value is -3.75. The molecule has 0 saturated carbocycles.